The molecular weight excluding hydrogens is 260 g/mol. The lowest BCUT2D eigenvalue weighted by Crippen LogP contribution is -2.25. The SMILES string of the molecule is Cc1cccc(C(=O)NCCc2c[nH]c3ccccc23)c1. The second-order valence-corrected chi connectivity index (χ2v) is 5.23. The van der Waals surface area contributed by atoms with Crippen molar-refractivity contribution in [2.75, 3.05) is 6.54 Å². The summed E-state index contributed by atoms with van der Waals surface area (Å²) in [4.78, 5) is 15.3. The molecule has 0 saturated carbocycles. The molecule has 21 heavy (non-hydrogen) atoms. The number of rotatable bonds is 4. The predicted octanol–water partition coefficient (Wildman–Crippen LogP) is 3.45. The Morgan fingerprint density at radius 3 is 2.86 bits per heavy atom. The molecule has 0 atom stereocenters. The zero-order valence-electron chi connectivity index (χ0n) is 12.0. The van der Waals surface area contributed by atoms with Crippen molar-refractivity contribution in [1.29, 1.82) is 0 Å². The lowest BCUT2D eigenvalue weighted by molar-refractivity contribution is 0.0954. The first-order chi connectivity index (χ1) is 10.2. The summed E-state index contributed by atoms with van der Waals surface area (Å²) in [6.45, 7) is 2.62. The number of fused-ring (bicyclic) bond motifs is 1. The van der Waals surface area contributed by atoms with Gasteiger partial charge in [0, 0.05) is 29.2 Å². The van der Waals surface area contributed by atoms with Crippen molar-refractivity contribution in [3.63, 3.8) is 0 Å². The van der Waals surface area contributed by atoms with Gasteiger partial charge >= 0.3 is 0 Å². The van der Waals surface area contributed by atoms with Crippen LogP contribution in [0.4, 0.5) is 0 Å². The van der Waals surface area contributed by atoms with Crippen molar-refractivity contribution in [2.24, 2.45) is 0 Å². The number of amides is 1. The molecule has 3 heteroatoms. The van der Waals surface area contributed by atoms with Crippen LogP contribution in [0.2, 0.25) is 0 Å². The topological polar surface area (TPSA) is 44.9 Å². The lowest BCUT2D eigenvalue weighted by Gasteiger charge is -2.05. The molecule has 2 N–H and O–H groups in total. The zero-order chi connectivity index (χ0) is 14.7. The summed E-state index contributed by atoms with van der Waals surface area (Å²) in [5.41, 5.74) is 4.18. The Bertz CT molecular complexity index is 773. The fourth-order valence-corrected chi connectivity index (χ4v) is 2.54. The van der Waals surface area contributed by atoms with Gasteiger partial charge in [-0.05, 0) is 37.1 Å². The molecule has 0 saturated heterocycles. The highest BCUT2D eigenvalue weighted by Crippen LogP contribution is 2.17. The van der Waals surface area contributed by atoms with Gasteiger partial charge in [-0.1, -0.05) is 35.9 Å². The Morgan fingerprint density at radius 1 is 1.14 bits per heavy atom. The monoisotopic (exact) mass is 278 g/mol. The third-order valence-electron chi connectivity index (χ3n) is 3.64. The quantitative estimate of drug-likeness (QED) is 0.754. The minimum atomic E-state index is -0.0152. The molecule has 0 aliphatic heterocycles. The Balaban J connectivity index is 1.62. The maximum absolute atomic E-state index is 12.1. The van der Waals surface area contributed by atoms with Crippen LogP contribution in [-0.2, 0) is 6.42 Å². The Labute approximate surface area is 124 Å². The van der Waals surface area contributed by atoms with E-state index in [1.165, 1.54) is 10.9 Å². The van der Waals surface area contributed by atoms with Crippen LogP contribution >= 0.6 is 0 Å². The lowest BCUT2D eigenvalue weighted by atomic mass is 10.1. The van der Waals surface area contributed by atoms with E-state index in [1.807, 2.05) is 49.5 Å². The van der Waals surface area contributed by atoms with Gasteiger partial charge < -0.3 is 10.3 Å². The number of nitrogens with one attached hydrogen (secondary N) is 2. The molecule has 1 aromatic heterocycles. The zero-order valence-corrected chi connectivity index (χ0v) is 12.0. The molecule has 0 bridgehead atoms. The molecule has 0 aliphatic rings. The van der Waals surface area contributed by atoms with Gasteiger partial charge in [-0.15, -0.1) is 0 Å². The van der Waals surface area contributed by atoms with E-state index in [-0.39, 0.29) is 5.91 Å². The first-order valence-corrected chi connectivity index (χ1v) is 7.14. The van der Waals surface area contributed by atoms with E-state index >= 15 is 0 Å². The van der Waals surface area contributed by atoms with Gasteiger partial charge in [0.25, 0.3) is 5.91 Å². The molecule has 3 nitrogen and oxygen atoms in total. The van der Waals surface area contributed by atoms with Crippen LogP contribution < -0.4 is 5.32 Å². The highest BCUT2D eigenvalue weighted by molar-refractivity contribution is 5.94. The van der Waals surface area contributed by atoms with Gasteiger partial charge in [0.2, 0.25) is 0 Å². The van der Waals surface area contributed by atoms with E-state index in [1.54, 1.807) is 0 Å². The van der Waals surface area contributed by atoms with Crippen LogP contribution in [0.5, 0.6) is 0 Å². The average molecular weight is 278 g/mol. The number of para-hydroxylation sites is 1. The van der Waals surface area contributed by atoms with E-state index in [4.69, 9.17) is 0 Å². The summed E-state index contributed by atoms with van der Waals surface area (Å²) in [7, 11) is 0. The smallest absolute Gasteiger partial charge is 0.251 e. The van der Waals surface area contributed by atoms with Crippen molar-refractivity contribution >= 4 is 16.8 Å². The molecule has 0 spiro atoms. The van der Waals surface area contributed by atoms with Crippen molar-refractivity contribution < 1.29 is 4.79 Å². The maximum atomic E-state index is 12.1. The summed E-state index contributed by atoms with van der Waals surface area (Å²) >= 11 is 0. The van der Waals surface area contributed by atoms with Crippen molar-refractivity contribution in [2.45, 2.75) is 13.3 Å². The van der Waals surface area contributed by atoms with Crippen LogP contribution in [0.1, 0.15) is 21.5 Å². The Hall–Kier alpha value is -2.55. The molecule has 2 aromatic carbocycles. The normalized spacial score (nSPS) is 10.7. The van der Waals surface area contributed by atoms with Gasteiger partial charge in [-0.3, -0.25) is 4.79 Å². The van der Waals surface area contributed by atoms with E-state index < -0.39 is 0 Å². The Kier molecular flexibility index (Phi) is 3.73. The molecule has 3 aromatic rings. The number of hydrogen-bond acceptors (Lipinski definition) is 1. The van der Waals surface area contributed by atoms with Gasteiger partial charge in [-0.2, -0.15) is 0 Å². The second kappa shape index (κ2) is 5.83. The minimum Gasteiger partial charge on any atom is -0.361 e. The van der Waals surface area contributed by atoms with Gasteiger partial charge in [0.15, 0.2) is 0 Å². The fraction of sp³-hybridized carbons (Fsp3) is 0.167. The summed E-state index contributed by atoms with van der Waals surface area (Å²) in [6.07, 6.45) is 2.84. The molecular formula is C18H18N2O. The van der Waals surface area contributed by atoms with Crippen LogP contribution in [-0.4, -0.2) is 17.4 Å². The predicted molar refractivity (Wildman–Crippen MR) is 85.5 cm³/mol. The van der Waals surface area contributed by atoms with Crippen molar-refractivity contribution in [3.05, 3.63) is 71.4 Å². The molecule has 0 unspecified atom stereocenters. The number of aromatic amines is 1. The standard InChI is InChI=1S/C18H18N2O/c1-13-5-4-6-14(11-13)18(21)19-10-9-15-12-20-17-8-3-2-7-16(15)17/h2-8,11-12,20H,9-10H2,1H3,(H,19,21). The first kappa shape index (κ1) is 13.4. The number of hydrogen-bond donors (Lipinski definition) is 2. The largest absolute Gasteiger partial charge is 0.361 e. The number of carbonyl (C=O) groups excluding carboxylic acids is 1. The third kappa shape index (κ3) is 2.97. The number of benzene rings is 2. The van der Waals surface area contributed by atoms with Crippen LogP contribution in [0.3, 0.4) is 0 Å². The van der Waals surface area contributed by atoms with Crippen molar-refractivity contribution in [1.82, 2.24) is 10.3 Å². The summed E-state index contributed by atoms with van der Waals surface area (Å²) in [5, 5.41) is 4.20. The third-order valence-corrected chi connectivity index (χ3v) is 3.64. The number of carbonyl (C=O) groups is 1. The number of H-pyrrole nitrogens is 1. The fourth-order valence-electron chi connectivity index (χ4n) is 2.54. The molecule has 0 fully saturated rings. The molecule has 1 amide bonds. The number of aromatic nitrogens is 1. The molecule has 3 rings (SSSR count). The van der Waals surface area contributed by atoms with Gasteiger partial charge in [0.1, 0.15) is 0 Å². The van der Waals surface area contributed by atoms with Crippen molar-refractivity contribution in [3.8, 4) is 0 Å². The minimum absolute atomic E-state index is 0.0152. The van der Waals surface area contributed by atoms with Crippen LogP contribution in [0, 0.1) is 6.92 Å². The molecule has 106 valence electrons. The van der Waals surface area contributed by atoms with E-state index in [9.17, 15) is 4.79 Å². The average Bonchev–Trinajstić information content (AvgIpc) is 2.91. The van der Waals surface area contributed by atoms with Crippen LogP contribution in [0.25, 0.3) is 10.9 Å². The molecule has 0 radical (unpaired) electrons. The maximum Gasteiger partial charge on any atom is 0.251 e. The highest BCUT2D eigenvalue weighted by atomic mass is 16.1. The van der Waals surface area contributed by atoms with E-state index in [0.717, 1.165) is 17.5 Å². The number of aryl methyl sites for hydroxylation is 1. The van der Waals surface area contributed by atoms with Crippen LogP contribution in [0.15, 0.2) is 54.7 Å². The second-order valence-electron chi connectivity index (χ2n) is 5.23. The molecule has 1 heterocycles. The highest BCUT2D eigenvalue weighted by Gasteiger charge is 2.06. The summed E-state index contributed by atoms with van der Waals surface area (Å²) < 4.78 is 0. The first-order valence-electron chi connectivity index (χ1n) is 7.14. The van der Waals surface area contributed by atoms with Gasteiger partial charge in [0.05, 0.1) is 0 Å². The molecule has 0 aliphatic carbocycles. The van der Waals surface area contributed by atoms with E-state index in [0.29, 0.717) is 12.1 Å². The summed E-state index contributed by atoms with van der Waals surface area (Å²) in [6, 6.07) is 15.8. The summed E-state index contributed by atoms with van der Waals surface area (Å²) in [5.74, 6) is -0.0152. The van der Waals surface area contributed by atoms with E-state index in [2.05, 4.69) is 22.4 Å². The van der Waals surface area contributed by atoms with Gasteiger partial charge in [-0.25, -0.2) is 0 Å². The Morgan fingerprint density at radius 2 is 2.00 bits per heavy atom.